The minimum Gasteiger partial charge on any atom is -0.355 e. The van der Waals surface area contributed by atoms with E-state index in [9.17, 15) is 13.2 Å². The third-order valence-electron chi connectivity index (χ3n) is 3.16. The molecule has 18 heavy (non-hydrogen) atoms. The molecule has 6 heteroatoms. The Morgan fingerprint density at radius 1 is 1.33 bits per heavy atom. The van der Waals surface area contributed by atoms with Crippen molar-refractivity contribution in [1.82, 2.24) is 9.62 Å². The van der Waals surface area contributed by atoms with Crippen LogP contribution in [0.3, 0.4) is 0 Å². The maximum Gasteiger partial charge on any atom is 0.235 e. The summed E-state index contributed by atoms with van der Waals surface area (Å²) < 4.78 is 24.8. The molecule has 1 saturated carbocycles. The lowest BCUT2D eigenvalue weighted by Crippen LogP contribution is -2.45. The zero-order valence-corrected chi connectivity index (χ0v) is 12.3. The minimum atomic E-state index is -3.31. The Balaban J connectivity index is 2.59. The lowest BCUT2D eigenvalue weighted by Gasteiger charge is -2.25. The van der Waals surface area contributed by atoms with Gasteiger partial charge in [0, 0.05) is 12.6 Å². The van der Waals surface area contributed by atoms with Gasteiger partial charge in [0.15, 0.2) is 0 Å². The van der Waals surface area contributed by atoms with Crippen molar-refractivity contribution >= 4 is 15.9 Å². The maximum absolute atomic E-state index is 11.7. The van der Waals surface area contributed by atoms with Crippen LogP contribution in [0.4, 0.5) is 0 Å². The first kappa shape index (κ1) is 15.4. The number of sulfonamides is 1. The molecule has 0 atom stereocenters. The summed E-state index contributed by atoms with van der Waals surface area (Å²) in [6.45, 7) is 4.55. The van der Waals surface area contributed by atoms with Crippen molar-refractivity contribution < 1.29 is 13.2 Å². The van der Waals surface area contributed by atoms with Crippen molar-refractivity contribution in [1.29, 1.82) is 0 Å². The van der Waals surface area contributed by atoms with E-state index in [1.54, 1.807) is 0 Å². The Morgan fingerprint density at radius 3 is 2.33 bits per heavy atom. The van der Waals surface area contributed by atoms with Gasteiger partial charge in [-0.05, 0) is 18.8 Å². The average molecular weight is 276 g/mol. The quantitative estimate of drug-likeness (QED) is 0.786. The van der Waals surface area contributed by atoms with Gasteiger partial charge in [0.05, 0.1) is 12.8 Å². The lowest BCUT2D eigenvalue weighted by atomic mass is 10.2. The molecular formula is C12H24N2O3S. The summed E-state index contributed by atoms with van der Waals surface area (Å²) in [5.41, 5.74) is 0. The van der Waals surface area contributed by atoms with Crippen LogP contribution >= 0.6 is 0 Å². The number of amides is 1. The third kappa shape index (κ3) is 4.94. The Morgan fingerprint density at radius 2 is 1.89 bits per heavy atom. The van der Waals surface area contributed by atoms with Gasteiger partial charge in [0.2, 0.25) is 15.9 Å². The molecule has 0 saturated heterocycles. The molecule has 5 nitrogen and oxygen atoms in total. The van der Waals surface area contributed by atoms with Crippen molar-refractivity contribution in [3.63, 3.8) is 0 Å². The Hall–Kier alpha value is -0.620. The van der Waals surface area contributed by atoms with Crippen LogP contribution < -0.4 is 5.32 Å². The molecule has 0 aromatic carbocycles. The number of hydrogen-bond acceptors (Lipinski definition) is 3. The van der Waals surface area contributed by atoms with Gasteiger partial charge in [-0.2, -0.15) is 4.31 Å². The number of carbonyl (C=O) groups is 1. The summed E-state index contributed by atoms with van der Waals surface area (Å²) in [6.07, 6.45) is 5.00. The highest BCUT2D eigenvalue weighted by molar-refractivity contribution is 7.88. The highest BCUT2D eigenvalue weighted by Gasteiger charge is 2.30. The monoisotopic (exact) mass is 276 g/mol. The van der Waals surface area contributed by atoms with Crippen LogP contribution in [0.2, 0.25) is 0 Å². The van der Waals surface area contributed by atoms with Crippen LogP contribution in [0.15, 0.2) is 0 Å². The third-order valence-corrected chi connectivity index (χ3v) is 4.44. The van der Waals surface area contributed by atoms with Crippen LogP contribution in [0.1, 0.15) is 39.5 Å². The summed E-state index contributed by atoms with van der Waals surface area (Å²) in [4.78, 5) is 11.7. The van der Waals surface area contributed by atoms with Crippen molar-refractivity contribution in [2.75, 3.05) is 19.3 Å². The molecule has 0 aromatic heterocycles. The zero-order chi connectivity index (χ0) is 13.8. The molecule has 1 aliphatic carbocycles. The van der Waals surface area contributed by atoms with Crippen molar-refractivity contribution in [3.05, 3.63) is 0 Å². The van der Waals surface area contributed by atoms with Crippen LogP contribution in [0.5, 0.6) is 0 Å². The van der Waals surface area contributed by atoms with Crippen LogP contribution in [-0.2, 0) is 14.8 Å². The predicted molar refractivity (Wildman–Crippen MR) is 71.7 cm³/mol. The van der Waals surface area contributed by atoms with E-state index >= 15 is 0 Å². The van der Waals surface area contributed by atoms with Crippen molar-refractivity contribution in [2.24, 2.45) is 5.92 Å². The Labute approximate surface area is 110 Å². The molecule has 1 amide bonds. The molecule has 106 valence electrons. The maximum atomic E-state index is 11.7. The molecule has 0 heterocycles. The van der Waals surface area contributed by atoms with E-state index in [4.69, 9.17) is 0 Å². The van der Waals surface area contributed by atoms with E-state index in [1.165, 1.54) is 10.6 Å². The predicted octanol–water partition coefficient (Wildman–Crippen LogP) is 0.963. The van der Waals surface area contributed by atoms with Crippen LogP contribution in [0, 0.1) is 5.92 Å². The SMILES string of the molecule is CC(C)CNC(=O)CN(C1CCCC1)S(C)(=O)=O. The van der Waals surface area contributed by atoms with Gasteiger partial charge in [-0.1, -0.05) is 26.7 Å². The fourth-order valence-corrected chi connectivity index (χ4v) is 3.33. The molecule has 0 spiro atoms. The van der Waals surface area contributed by atoms with E-state index in [1.807, 2.05) is 13.8 Å². The molecule has 0 bridgehead atoms. The first-order valence-electron chi connectivity index (χ1n) is 6.54. The summed E-state index contributed by atoms with van der Waals surface area (Å²) in [6, 6.07) is 0.00444. The van der Waals surface area contributed by atoms with Crippen LogP contribution in [-0.4, -0.2) is 44.0 Å². The number of nitrogens with one attached hydrogen (secondary N) is 1. The van der Waals surface area contributed by atoms with Gasteiger partial charge >= 0.3 is 0 Å². The first-order valence-corrected chi connectivity index (χ1v) is 8.39. The summed E-state index contributed by atoms with van der Waals surface area (Å²) in [7, 11) is -3.31. The smallest absolute Gasteiger partial charge is 0.235 e. The standard InChI is InChI=1S/C12H24N2O3S/c1-10(2)8-13-12(15)9-14(18(3,16)17)11-6-4-5-7-11/h10-11H,4-9H2,1-3H3,(H,13,15). The van der Waals surface area contributed by atoms with Crippen molar-refractivity contribution in [3.8, 4) is 0 Å². The number of carbonyl (C=O) groups excluding carboxylic acids is 1. The van der Waals surface area contributed by atoms with Crippen molar-refractivity contribution in [2.45, 2.75) is 45.6 Å². The first-order chi connectivity index (χ1) is 8.30. The second-order valence-electron chi connectivity index (χ2n) is 5.44. The van der Waals surface area contributed by atoms with E-state index in [0.717, 1.165) is 25.7 Å². The molecule has 0 aliphatic heterocycles. The second kappa shape index (κ2) is 6.52. The Bertz CT molecular complexity index is 373. The van der Waals surface area contributed by atoms with E-state index < -0.39 is 10.0 Å². The highest BCUT2D eigenvalue weighted by Crippen LogP contribution is 2.24. The van der Waals surface area contributed by atoms with Crippen LogP contribution in [0.25, 0.3) is 0 Å². The zero-order valence-electron chi connectivity index (χ0n) is 11.5. The molecule has 0 unspecified atom stereocenters. The largest absolute Gasteiger partial charge is 0.355 e. The highest BCUT2D eigenvalue weighted by atomic mass is 32.2. The summed E-state index contributed by atoms with van der Waals surface area (Å²) in [5, 5.41) is 2.76. The van der Waals surface area contributed by atoms with E-state index in [0.29, 0.717) is 12.5 Å². The topological polar surface area (TPSA) is 66.5 Å². The molecule has 1 fully saturated rings. The van der Waals surface area contributed by atoms with Gasteiger partial charge in [-0.15, -0.1) is 0 Å². The summed E-state index contributed by atoms with van der Waals surface area (Å²) >= 11 is 0. The van der Waals surface area contributed by atoms with Gasteiger partial charge in [0.25, 0.3) is 0 Å². The van der Waals surface area contributed by atoms with E-state index in [-0.39, 0.29) is 18.5 Å². The minimum absolute atomic E-state index is 0.00444. The number of rotatable bonds is 6. The molecule has 1 rings (SSSR count). The molecular weight excluding hydrogens is 252 g/mol. The normalized spacial score (nSPS) is 17.6. The molecule has 1 aliphatic rings. The number of hydrogen-bond donors (Lipinski definition) is 1. The molecule has 1 N–H and O–H groups in total. The molecule has 0 radical (unpaired) electrons. The average Bonchev–Trinajstić information content (AvgIpc) is 2.74. The number of nitrogens with zero attached hydrogens (tertiary/aromatic N) is 1. The van der Waals surface area contributed by atoms with E-state index in [2.05, 4.69) is 5.32 Å². The fourth-order valence-electron chi connectivity index (χ4n) is 2.22. The lowest BCUT2D eigenvalue weighted by molar-refractivity contribution is -0.121. The van der Waals surface area contributed by atoms with Gasteiger partial charge in [0.1, 0.15) is 0 Å². The summed E-state index contributed by atoms with van der Waals surface area (Å²) in [5.74, 6) is 0.160. The van der Waals surface area contributed by atoms with Gasteiger partial charge in [-0.25, -0.2) is 8.42 Å². The fraction of sp³-hybridized carbons (Fsp3) is 0.917. The van der Waals surface area contributed by atoms with Gasteiger partial charge in [-0.3, -0.25) is 4.79 Å². The Kier molecular flexibility index (Phi) is 5.59. The van der Waals surface area contributed by atoms with Gasteiger partial charge < -0.3 is 5.32 Å². The molecule has 0 aromatic rings. The second-order valence-corrected chi connectivity index (χ2v) is 7.38.